The Labute approximate surface area is 117 Å². The first kappa shape index (κ1) is 13.9. The maximum atomic E-state index is 11.6. The van der Waals surface area contributed by atoms with Gasteiger partial charge in [0.2, 0.25) is 0 Å². The smallest absolute Gasteiger partial charge is 0.261 e. The minimum absolute atomic E-state index is 0.0120. The Morgan fingerprint density at radius 3 is 3.05 bits per heavy atom. The van der Waals surface area contributed by atoms with Crippen molar-refractivity contribution in [2.45, 2.75) is 25.3 Å². The zero-order valence-electron chi connectivity index (χ0n) is 11.1. The standard InChI is InChI=1S/C13H20N4OS/c1-17(10-5-6-10)13(14)16-8-3-7-15-12(18)11-4-2-9-19-11/h2,4,9-10H,3,5-8H2,1H3,(H2,14,16)(H,15,18). The van der Waals surface area contributed by atoms with Crippen molar-refractivity contribution in [1.82, 2.24) is 10.2 Å². The first-order valence-electron chi connectivity index (χ1n) is 6.53. The quantitative estimate of drug-likeness (QED) is 0.468. The number of carbonyl (C=O) groups is 1. The molecule has 0 aliphatic heterocycles. The molecule has 1 saturated carbocycles. The van der Waals surface area contributed by atoms with Crippen LogP contribution in [0.4, 0.5) is 0 Å². The number of nitrogens with one attached hydrogen (secondary N) is 1. The highest BCUT2D eigenvalue weighted by molar-refractivity contribution is 7.12. The molecule has 104 valence electrons. The average Bonchev–Trinajstić information content (AvgIpc) is 3.11. The van der Waals surface area contributed by atoms with E-state index >= 15 is 0 Å². The second-order valence-electron chi connectivity index (χ2n) is 4.67. The first-order valence-corrected chi connectivity index (χ1v) is 7.41. The van der Waals surface area contributed by atoms with Gasteiger partial charge in [-0.3, -0.25) is 9.79 Å². The molecule has 1 aromatic heterocycles. The van der Waals surface area contributed by atoms with Gasteiger partial charge < -0.3 is 16.0 Å². The van der Waals surface area contributed by atoms with Gasteiger partial charge >= 0.3 is 0 Å². The fraction of sp³-hybridized carbons (Fsp3) is 0.538. The summed E-state index contributed by atoms with van der Waals surface area (Å²) in [5, 5.41) is 4.77. The number of aliphatic imine (C=N–C) groups is 1. The van der Waals surface area contributed by atoms with Crippen LogP contribution in [0.1, 0.15) is 28.9 Å². The van der Waals surface area contributed by atoms with Crippen molar-refractivity contribution in [3.63, 3.8) is 0 Å². The molecule has 0 radical (unpaired) electrons. The van der Waals surface area contributed by atoms with Crippen molar-refractivity contribution in [2.75, 3.05) is 20.1 Å². The van der Waals surface area contributed by atoms with Gasteiger partial charge in [0.05, 0.1) is 4.88 Å². The molecule has 0 bridgehead atoms. The summed E-state index contributed by atoms with van der Waals surface area (Å²) in [5.74, 6) is 0.592. The van der Waals surface area contributed by atoms with Crippen LogP contribution in [0.25, 0.3) is 0 Å². The zero-order valence-corrected chi connectivity index (χ0v) is 11.9. The molecule has 0 unspecified atom stereocenters. The number of nitrogens with two attached hydrogens (primary N) is 1. The molecule has 1 amide bonds. The summed E-state index contributed by atoms with van der Waals surface area (Å²) in [7, 11) is 1.98. The van der Waals surface area contributed by atoms with Crippen molar-refractivity contribution >= 4 is 23.2 Å². The van der Waals surface area contributed by atoms with Gasteiger partial charge in [0, 0.05) is 26.2 Å². The van der Waals surface area contributed by atoms with Gasteiger partial charge in [-0.2, -0.15) is 0 Å². The predicted octanol–water partition coefficient (Wildman–Crippen LogP) is 1.28. The van der Waals surface area contributed by atoms with Gasteiger partial charge in [-0.05, 0) is 30.7 Å². The summed E-state index contributed by atoms with van der Waals surface area (Å²) in [4.78, 5) is 18.7. The first-order chi connectivity index (χ1) is 9.18. The minimum atomic E-state index is -0.0120. The molecule has 5 nitrogen and oxygen atoms in total. The Balaban J connectivity index is 1.61. The monoisotopic (exact) mass is 280 g/mol. The van der Waals surface area contributed by atoms with Crippen molar-refractivity contribution in [3.8, 4) is 0 Å². The van der Waals surface area contributed by atoms with E-state index in [1.54, 1.807) is 0 Å². The molecule has 1 aromatic rings. The molecular formula is C13H20N4OS. The van der Waals surface area contributed by atoms with Gasteiger partial charge in [0.1, 0.15) is 0 Å². The fourth-order valence-electron chi connectivity index (χ4n) is 1.73. The largest absolute Gasteiger partial charge is 0.370 e. The van der Waals surface area contributed by atoms with Crippen molar-refractivity contribution < 1.29 is 4.79 Å². The second-order valence-corrected chi connectivity index (χ2v) is 5.62. The summed E-state index contributed by atoms with van der Waals surface area (Å²) in [6.45, 7) is 1.27. The highest BCUT2D eigenvalue weighted by Crippen LogP contribution is 2.24. The minimum Gasteiger partial charge on any atom is -0.370 e. The maximum Gasteiger partial charge on any atom is 0.261 e. The molecule has 1 heterocycles. The van der Waals surface area contributed by atoms with E-state index in [2.05, 4.69) is 10.3 Å². The molecule has 1 fully saturated rings. The van der Waals surface area contributed by atoms with E-state index < -0.39 is 0 Å². The lowest BCUT2D eigenvalue weighted by Crippen LogP contribution is -2.36. The molecule has 1 aliphatic carbocycles. The highest BCUT2D eigenvalue weighted by atomic mass is 32.1. The lowest BCUT2D eigenvalue weighted by atomic mass is 10.4. The third kappa shape index (κ3) is 4.24. The molecule has 2 rings (SSSR count). The summed E-state index contributed by atoms with van der Waals surface area (Å²) in [6.07, 6.45) is 3.23. The van der Waals surface area contributed by atoms with Gasteiger partial charge in [-0.1, -0.05) is 6.07 Å². The van der Waals surface area contributed by atoms with Gasteiger partial charge in [0.15, 0.2) is 5.96 Å². The van der Waals surface area contributed by atoms with Crippen molar-refractivity contribution in [3.05, 3.63) is 22.4 Å². The lowest BCUT2D eigenvalue weighted by Gasteiger charge is -2.16. The van der Waals surface area contributed by atoms with Crippen LogP contribution >= 0.6 is 11.3 Å². The van der Waals surface area contributed by atoms with Crippen LogP contribution < -0.4 is 11.1 Å². The fourth-order valence-corrected chi connectivity index (χ4v) is 2.37. The van der Waals surface area contributed by atoms with Crippen LogP contribution in [0.3, 0.4) is 0 Å². The molecule has 19 heavy (non-hydrogen) atoms. The summed E-state index contributed by atoms with van der Waals surface area (Å²) in [6, 6.07) is 4.28. The SMILES string of the molecule is CN(C(N)=NCCCNC(=O)c1cccs1)C1CC1. The topological polar surface area (TPSA) is 70.7 Å². The van der Waals surface area contributed by atoms with Crippen LogP contribution in [-0.2, 0) is 0 Å². The number of amides is 1. The number of rotatable bonds is 6. The predicted molar refractivity (Wildman–Crippen MR) is 78.5 cm³/mol. The number of nitrogens with zero attached hydrogens (tertiary/aromatic N) is 2. The molecule has 0 aromatic carbocycles. The second kappa shape index (κ2) is 6.56. The molecule has 0 spiro atoms. The van der Waals surface area contributed by atoms with Crippen LogP contribution in [0.15, 0.2) is 22.5 Å². The van der Waals surface area contributed by atoms with E-state index in [1.165, 1.54) is 24.2 Å². The Bertz CT molecular complexity index is 440. The number of guanidine groups is 1. The van der Waals surface area contributed by atoms with E-state index in [0.29, 0.717) is 25.1 Å². The molecule has 0 saturated heterocycles. The number of hydrogen-bond donors (Lipinski definition) is 2. The van der Waals surface area contributed by atoms with E-state index in [0.717, 1.165) is 11.3 Å². The zero-order chi connectivity index (χ0) is 13.7. The normalized spacial score (nSPS) is 15.3. The molecule has 0 atom stereocenters. The average molecular weight is 280 g/mol. The number of hydrogen-bond acceptors (Lipinski definition) is 3. The van der Waals surface area contributed by atoms with E-state index in [9.17, 15) is 4.79 Å². The Morgan fingerprint density at radius 1 is 1.63 bits per heavy atom. The van der Waals surface area contributed by atoms with E-state index in [-0.39, 0.29) is 5.91 Å². The van der Waals surface area contributed by atoms with E-state index in [4.69, 9.17) is 5.73 Å². The van der Waals surface area contributed by atoms with Crippen LogP contribution in [0.5, 0.6) is 0 Å². The third-order valence-electron chi connectivity index (χ3n) is 3.10. The molecule has 1 aliphatic rings. The highest BCUT2D eigenvalue weighted by Gasteiger charge is 2.27. The van der Waals surface area contributed by atoms with Crippen LogP contribution in [-0.4, -0.2) is 42.9 Å². The summed E-state index contributed by atoms with van der Waals surface area (Å²) < 4.78 is 0. The molecule has 3 N–H and O–H groups in total. The lowest BCUT2D eigenvalue weighted by molar-refractivity contribution is 0.0957. The van der Waals surface area contributed by atoms with E-state index in [1.807, 2.05) is 29.5 Å². The van der Waals surface area contributed by atoms with Gasteiger partial charge in [-0.25, -0.2) is 0 Å². The Morgan fingerprint density at radius 2 is 2.42 bits per heavy atom. The summed E-state index contributed by atoms with van der Waals surface area (Å²) >= 11 is 1.45. The third-order valence-corrected chi connectivity index (χ3v) is 3.96. The van der Waals surface area contributed by atoms with Gasteiger partial charge in [-0.15, -0.1) is 11.3 Å². The molecule has 6 heteroatoms. The van der Waals surface area contributed by atoms with Crippen LogP contribution in [0.2, 0.25) is 0 Å². The summed E-state index contributed by atoms with van der Waals surface area (Å²) in [5.41, 5.74) is 5.87. The van der Waals surface area contributed by atoms with Crippen LogP contribution in [0, 0.1) is 0 Å². The van der Waals surface area contributed by atoms with Gasteiger partial charge in [0.25, 0.3) is 5.91 Å². The van der Waals surface area contributed by atoms with Crippen molar-refractivity contribution in [1.29, 1.82) is 0 Å². The Hall–Kier alpha value is -1.56. The van der Waals surface area contributed by atoms with Crippen molar-refractivity contribution in [2.24, 2.45) is 10.7 Å². The molecular weight excluding hydrogens is 260 g/mol. The number of carbonyl (C=O) groups excluding carboxylic acids is 1. The maximum absolute atomic E-state index is 11.6. The Kier molecular flexibility index (Phi) is 4.79. The number of thiophene rings is 1.